The van der Waals surface area contributed by atoms with Crippen LogP contribution in [0.15, 0.2) is 12.2 Å². The number of unbranched alkanes of at least 4 members (excludes halogenated alkanes) is 23. The molecule has 0 aliphatic rings. The summed E-state index contributed by atoms with van der Waals surface area (Å²) in [6, 6.07) is -0.611. The summed E-state index contributed by atoms with van der Waals surface area (Å²) in [5, 5.41) is 22.4. The number of rotatable bonds is 30. The topological polar surface area (TPSA) is 69.6 Å². The molecule has 0 aromatic rings. The zero-order valence-corrected chi connectivity index (χ0v) is 25.7. The van der Waals surface area contributed by atoms with E-state index in [1.807, 2.05) is 13.0 Å². The number of hydrogen-bond acceptors (Lipinski definition) is 3. The monoisotopic (exact) mass is 538 g/mol. The summed E-state index contributed by atoms with van der Waals surface area (Å²) in [5.74, 6) is -0.0991. The number of allylic oxidation sites excluding steroid dienone is 1. The first-order chi connectivity index (χ1) is 18.7. The van der Waals surface area contributed by atoms with E-state index in [0.29, 0.717) is 6.42 Å². The molecule has 2 atom stereocenters. The van der Waals surface area contributed by atoms with E-state index >= 15 is 0 Å². The van der Waals surface area contributed by atoms with Gasteiger partial charge in [0.1, 0.15) is 0 Å². The van der Waals surface area contributed by atoms with E-state index < -0.39 is 12.1 Å². The molecule has 0 bridgehead atoms. The summed E-state index contributed by atoms with van der Waals surface area (Å²) in [7, 11) is 0. The molecule has 0 aliphatic carbocycles. The Morgan fingerprint density at radius 1 is 0.605 bits per heavy atom. The average Bonchev–Trinajstić information content (AvgIpc) is 2.92. The van der Waals surface area contributed by atoms with Crippen LogP contribution in [0, 0.1) is 0 Å². The van der Waals surface area contributed by atoms with Crippen molar-refractivity contribution in [3.05, 3.63) is 12.2 Å². The Balaban J connectivity index is 3.36. The molecule has 0 fully saturated rings. The largest absolute Gasteiger partial charge is 0.394 e. The van der Waals surface area contributed by atoms with Crippen LogP contribution in [-0.2, 0) is 4.79 Å². The molecule has 0 saturated carbocycles. The number of carbonyl (C=O) groups is 1. The highest BCUT2D eigenvalue weighted by Gasteiger charge is 2.17. The normalized spacial score (nSPS) is 13.3. The SMILES string of the molecule is CCCCCCCCCCCCCCCCCCCCCCCC/C=C/C(O)C(CO)NC(=O)CCCC. The van der Waals surface area contributed by atoms with Gasteiger partial charge in [0.2, 0.25) is 5.91 Å². The third kappa shape index (κ3) is 26.7. The zero-order chi connectivity index (χ0) is 27.9. The molecule has 38 heavy (non-hydrogen) atoms. The van der Waals surface area contributed by atoms with Gasteiger partial charge in [-0.05, 0) is 19.3 Å². The molecule has 1 amide bonds. The molecule has 226 valence electrons. The van der Waals surface area contributed by atoms with Crippen LogP contribution >= 0.6 is 0 Å². The first-order valence-electron chi connectivity index (χ1n) is 16.9. The van der Waals surface area contributed by atoms with Crippen molar-refractivity contribution in [1.29, 1.82) is 0 Å². The second-order valence-electron chi connectivity index (χ2n) is 11.6. The minimum absolute atomic E-state index is 0.0991. The predicted molar refractivity (Wildman–Crippen MR) is 166 cm³/mol. The Morgan fingerprint density at radius 2 is 0.974 bits per heavy atom. The Labute approximate surface area is 237 Å². The van der Waals surface area contributed by atoms with Crippen LogP contribution in [0.2, 0.25) is 0 Å². The second-order valence-corrected chi connectivity index (χ2v) is 11.6. The fourth-order valence-electron chi connectivity index (χ4n) is 5.10. The van der Waals surface area contributed by atoms with Crippen LogP contribution in [0.1, 0.15) is 181 Å². The summed E-state index contributed by atoms with van der Waals surface area (Å²) < 4.78 is 0. The first-order valence-corrected chi connectivity index (χ1v) is 16.9. The Kier molecular flexibility index (Phi) is 30.0. The van der Waals surface area contributed by atoms with Crippen molar-refractivity contribution >= 4 is 5.91 Å². The molecule has 0 saturated heterocycles. The van der Waals surface area contributed by atoms with Crippen LogP contribution in [0.4, 0.5) is 0 Å². The van der Waals surface area contributed by atoms with Crippen LogP contribution in [0.5, 0.6) is 0 Å². The van der Waals surface area contributed by atoms with Crippen molar-refractivity contribution in [1.82, 2.24) is 5.32 Å². The molecule has 3 N–H and O–H groups in total. The lowest BCUT2D eigenvalue weighted by molar-refractivity contribution is -0.123. The first kappa shape index (κ1) is 37.1. The summed E-state index contributed by atoms with van der Waals surface area (Å²) >= 11 is 0. The van der Waals surface area contributed by atoms with E-state index in [9.17, 15) is 15.0 Å². The fraction of sp³-hybridized carbons (Fsp3) is 0.912. The number of aliphatic hydroxyl groups is 2. The highest BCUT2D eigenvalue weighted by atomic mass is 16.3. The molecule has 0 aromatic carbocycles. The minimum Gasteiger partial charge on any atom is -0.394 e. The van der Waals surface area contributed by atoms with Crippen molar-refractivity contribution in [2.24, 2.45) is 0 Å². The predicted octanol–water partition coefficient (Wildman–Crippen LogP) is 9.56. The van der Waals surface area contributed by atoms with Crippen molar-refractivity contribution in [2.75, 3.05) is 6.61 Å². The molecule has 0 spiro atoms. The summed E-state index contributed by atoms with van der Waals surface area (Å²) in [5.41, 5.74) is 0. The number of amides is 1. The maximum Gasteiger partial charge on any atom is 0.220 e. The molecule has 0 aliphatic heterocycles. The van der Waals surface area contributed by atoms with E-state index in [4.69, 9.17) is 0 Å². The van der Waals surface area contributed by atoms with Crippen molar-refractivity contribution in [3.8, 4) is 0 Å². The Hall–Kier alpha value is -0.870. The quantitative estimate of drug-likeness (QED) is 0.0631. The number of aliphatic hydroxyl groups excluding tert-OH is 2. The van der Waals surface area contributed by atoms with Crippen molar-refractivity contribution < 1.29 is 15.0 Å². The zero-order valence-electron chi connectivity index (χ0n) is 25.7. The lowest BCUT2D eigenvalue weighted by atomic mass is 10.0. The number of carbonyl (C=O) groups excluding carboxylic acids is 1. The molecule has 0 rings (SSSR count). The molecule has 4 nitrogen and oxygen atoms in total. The lowest BCUT2D eigenvalue weighted by Gasteiger charge is -2.19. The van der Waals surface area contributed by atoms with Crippen LogP contribution in [-0.4, -0.2) is 34.9 Å². The molecular formula is C34H67NO3. The number of nitrogens with one attached hydrogen (secondary N) is 1. The van der Waals surface area contributed by atoms with Gasteiger partial charge in [-0.15, -0.1) is 0 Å². The third-order valence-electron chi connectivity index (χ3n) is 7.77. The van der Waals surface area contributed by atoms with Crippen molar-refractivity contribution in [2.45, 2.75) is 193 Å². The Morgan fingerprint density at radius 3 is 1.34 bits per heavy atom. The van der Waals surface area contributed by atoms with E-state index in [-0.39, 0.29) is 12.5 Å². The third-order valence-corrected chi connectivity index (χ3v) is 7.77. The molecule has 2 unspecified atom stereocenters. The maximum absolute atomic E-state index is 11.8. The van der Waals surface area contributed by atoms with Gasteiger partial charge in [-0.25, -0.2) is 0 Å². The summed E-state index contributed by atoms with van der Waals surface area (Å²) in [6.07, 6.45) is 36.8. The Bertz CT molecular complexity index is 508. The lowest BCUT2D eigenvalue weighted by Crippen LogP contribution is -2.45. The second kappa shape index (κ2) is 30.7. The fourth-order valence-corrected chi connectivity index (χ4v) is 5.10. The van der Waals surface area contributed by atoms with E-state index in [2.05, 4.69) is 12.2 Å². The van der Waals surface area contributed by atoms with Gasteiger partial charge in [-0.1, -0.05) is 167 Å². The molecule has 0 heterocycles. The van der Waals surface area contributed by atoms with Gasteiger partial charge in [0.05, 0.1) is 18.8 Å². The summed E-state index contributed by atoms with van der Waals surface area (Å²) in [6.45, 7) is 4.08. The summed E-state index contributed by atoms with van der Waals surface area (Å²) in [4.78, 5) is 11.8. The van der Waals surface area contributed by atoms with Crippen LogP contribution in [0.25, 0.3) is 0 Å². The van der Waals surface area contributed by atoms with Gasteiger partial charge < -0.3 is 15.5 Å². The van der Waals surface area contributed by atoms with Gasteiger partial charge in [0.15, 0.2) is 0 Å². The van der Waals surface area contributed by atoms with Crippen molar-refractivity contribution in [3.63, 3.8) is 0 Å². The van der Waals surface area contributed by atoms with Gasteiger partial charge in [0, 0.05) is 6.42 Å². The molecule has 0 radical (unpaired) electrons. The average molecular weight is 538 g/mol. The standard InChI is InChI=1S/C34H67NO3/c1-3-5-7-8-9-10-11-12-13-14-15-16-17-18-19-20-21-22-23-24-25-26-27-28-29-33(37)32(31-36)35-34(38)30-6-4-2/h28-29,32-33,36-37H,3-27,30-31H2,1-2H3,(H,35,38)/b29-28+. The van der Waals surface area contributed by atoms with E-state index in [1.54, 1.807) is 6.08 Å². The molecular weight excluding hydrogens is 470 g/mol. The van der Waals surface area contributed by atoms with Gasteiger partial charge >= 0.3 is 0 Å². The van der Waals surface area contributed by atoms with Crippen LogP contribution in [0.3, 0.4) is 0 Å². The highest BCUT2D eigenvalue weighted by Crippen LogP contribution is 2.15. The van der Waals surface area contributed by atoms with E-state index in [0.717, 1.165) is 25.7 Å². The van der Waals surface area contributed by atoms with E-state index in [1.165, 1.54) is 135 Å². The van der Waals surface area contributed by atoms with Gasteiger partial charge in [-0.2, -0.15) is 0 Å². The van der Waals surface area contributed by atoms with Gasteiger partial charge in [0.25, 0.3) is 0 Å². The van der Waals surface area contributed by atoms with Gasteiger partial charge in [-0.3, -0.25) is 4.79 Å². The minimum atomic E-state index is -0.828. The highest BCUT2D eigenvalue weighted by molar-refractivity contribution is 5.76. The maximum atomic E-state index is 11.8. The number of hydrogen-bond donors (Lipinski definition) is 3. The van der Waals surface area contributed by atoms with Crippen LogP contribution < -0.4 is 5.32 Å². The smallest absolute Gasteiger partial charge is 0.220 e. The molecule has 0 aromatic heterocycles. The molecule has 4 heteroatoms.